The van der Waals surface area contributed by atoms with E-state index in [2.05, 4.69) is 25.6 Å². The number of aryl methyl sites for hydroxylation is 3. The van der Waals surface area contributed by atoms with Crippen molar-refractivity contribution in [2.24, 2.45) is 14.1 Å². The first kappa shape index (κ1) is 16.1. The van der Waals surface area contributed by atoms with Crippen molar-refractivity contribution < 1.29 is 4.79 Å². The van der Waals surface area contributed by atoms with Gasteiger partial charge in [0.15, 0.2) is 5.65 Å². The highest BCUT2D eigenvalue weighted by Crippen LogP contribution is 2.31. The standard InChI is InChI=1S/C18H19N7O/c1-24-11-19-10-13(24)8-9-14(26)20-17-15-16(12-6-4-3-5-7-12)23-25(2)18(15)22-21-17/h3-7,10-11H,8-9H2,1-2H3,(H2,20,21,22,26). The number of aromatic amines is 1. The summed E-state index contributed by atoms with van der Waals surface area (Å²) in [5.74, 6) is 0.488. The van der Waals surface area contributed by atoms with Crippen LogP contribution in [0, 0.1) is 0 Å². The van der Waals surface area contributed by atoms with E-state index < -0.39 is 0 Å². The Morgan fingerprint density at radius 3 is 2.77 bits per heavy atom. The Bertz CT molecular complexity index is 1060. The zero-order valence-corrected chi connectivity index (χ0v) is 14.6. The summed E-state index contributed by atoms with van der Waals surface area (Å²) in [7, 11) is 3.75. The van der Waals surface area contributed by atoms with Gasteiger partial charge >= 0.3 is 0 Å². The van der Waals surface area contributed by atoms with Gasteiger partial charge in [-0.15, -0.1) is 0 Å². The van der Waals surface area contributed by atoms with Gasteiger partial charge in [0.2, 0.25) is 5.91 Å². The number of hydrogen-bond donors (Lipinski definition) is 2. The fourth-order valence-electron chi connectivity index (χ4n) is 3.00. The fraction of sp³-hybridized carbons (Fsp3) is 0.222. The van der Waals surface area contributed by atoms with E-state index in [0.29, 0.717) is 24.3 Å². The van der Waals surface area contributed by atoms with Crippen LogP contribution < -0.4 is 5.32 Å². The van der Waals surface area contributed by atoms with Crippen LogP contribution in [0.25, 0.3) is 22.3 Å². The summed E-state index contributed by atoms with van der Waals surface area (Å²) < 4.78 is 3.62. The van der Waals surface area contributed by atoms with Crippen molar-refractivity contribution in [1.82, 2.24) is 29.5 Å². The van der Waals surface area contributed by atoms with Gasteiger partial charge in [-0.05, 0) is 6.42 Å². The summed E-state index contributed by atoms with van der Waals surface area (Å²) in [5.41, 5.74) is 3.48. The minimum Gasteiger partial charge on any atom is -0.338 e. The number of anilines is 1. The van der Waals surface area contributed by atoms with Crippen LogP contribution in [-0.4, -0.2) is 35.4 Å². The lowest BCUT2D eigenvalue weighted by Gasteiger charge is -2.04. The maximum atomic E-state index is 12.4. The molecule has 0 saturated carbocycles. The molecule has 2 N–H and O–H groups in total. The number of nitrogens with one attached hydrogen (secondary N) is 2. The van der Waals surface area contributed by atoms with E-state index >= 15 is 0 Å². The van der Waals surface area contributed by atoms with Gasteiger partial charge in [-0.1, -0.05) is 30.3 Å². The zero-order valence-electron chi connectivity index (χ0n) is 14.6. The second-order valence-corrected chi connectivity index (χ2v) is 6.18. The van der Waals surface area contributed by atoms with E-state index in [9.17, 15) is 4.79 Å². The zero-order chi connectivity index (χ0) is 18.1. The number of carbonyl (C=O) groups excluding carboxylic acids is 1. The largest absolute Gasteiger partial charge is 0.338 e. The van der Waals surface area contributed by atoms with Gasteiger partial charge in [0.05, 0.1) is 11.7 Å². The molecule has 26 heavy (non-hydrogen) atoms. The molecule has 4 aromatic rings. The minimum atomic E-state index is -0.0837. The quantitative estimate of drug-likeness (QED) is 0.578. The molecular formula is C18H19N7O. The normalized spacial score (nSPS) is 11.2. The number of carbonyl (C=O) groups is 1. The lowest BCUT2D eigenvalue weighted by atomic mass is 10.1. The monoisotopic (exact) mass is 349 g/mol. The van der Waals surface area contributed by atoms with Crippen LogP contribution in [0.1, 0.15) is 12.1 Å². The van der Waals surface area contributed by atoms with Crippen molar-refractivity contribution in [3.05, 3.63) is 48.5 Å². The molecule has 0 aliphatic rings. The highest BCUT2D eigenvalue weighted by atomic mass is 16.1. The third kappa shape index (κ3) is 2.85. The number of H-pyrrole nitrogens is 1. The maximum absolute atomic E-state index is 12.4. The Morgan fingerprint density at radius 1 is 1.23 bits per heavy atom. The van der Waals surface area contributed by atoms with Gasteiger partial charge in [0, 0.05) is 38.0 Å². The number of rotatable bonds is 5. The molecule has 0 aliphatic carbocycles. The molecule has 0 radical (unpaired) electrons. The molecule has 8 heteroatoms. The molecule has 0 aliphatic heterocycles. The van der Waals surface area contributed by atoms with Crippen LogP contribution >= 0.6 is 0 Å². The number of nitrogens with zero attached hydrogens (tertiary/aromatic N) is 5. The molecular weight excluding hydrogens is 330 g/mol. The van der Waals surface area contributed by atoms with E-state index in [0.717, 1.165) is 22.3 Å². The van der Waals surface area contributed by atoms with E-state index in [1.807, 2.05) is 49.0 Å². The average molecular weight is 349 g/mol. The third-order valence-electron chi connectivity index (χ3n) is 4.38. The summed E-state index contributed by atoms with van der Waals surface area (Å²) in [6.07, 6.45) is 4.49. The Labute approximate surface area is 149 Å². The summed E-state index contributed by atoms with van der Waals surface area (Å²) >= 11 is 0. The molecule has 0 saturated heterocycles. The molecule has 1 amide bonds. The minimum absolute atomic E-state index is 0.0837. The van der Waals surface area contributed by atoms with E-state index in [-0.39, 0.29) is 5.91 Å². The lowest BCUT2D eigenvalue weighted by molar-refractivity contribution is -0.116. The number of hydrogen-bond acceptors (Lipinski definition) is 4. The molecule has 0 spiro atoms. The first-order valence-electron chi connectivity index (χ1n) is 8.35. The first-order chi connectivity index (χ1) is 12.6. The topological polar surface area (TPSA) is 93.4 Å². The van der Waals surface area contributed by atoms with Crippen LogP contribution in [0.5, 0.6) is 0 Å². The second-order valence-electron chi connectivity index (χ2n) is 6.18. The number of benzene rings is 1. The molecule has 4 rings (SSSR count). The highest BCUT2D eigenvalue weighted by Gasteiger charge is 2.19. The highest BCUT2D eigenvalue weighted by molar-refractivity contribution is 6.05. The summed E-state index contributed by atoms with van der Waals surface area (Å²) in [5, 5.41) is 15.5. The predicted molar refractivity (Wildman–Crippen MR) is 98.5 cm³/mol. The molecule has 1 aromatic carbocycles. The maximum Gasteiger partial charge on any atom is 0.225 e. The molecule has 132 valence electrons. The number of fused-ring (bicyclic) bond motifs is 1. The first-order valence-corrected chi connectivity index (χ1v) is 8.35. The lowest BCUT2D eigenvalue weighted by Crippen LogP contribution is -2.13. The van der Waals surface area contributed by atoms with Crippen LogP contribution in [-0.2, 0) is 25.3 Å². The van der Waals surface area contributed by atoms with Crippen molar-refractivity contribution in [2.75, 3.05) is 5.32 Å². The average Bonchev–Trinajstić information content (AvgIpc) is 3.32. The van der Waals surface area contributed by atoms with E-state index in [4.69, 9.17) is 0 Å². The molecule has 0 fully saturated rings. The van der Waals surface area contributed by atoms with Gasteiger partial charge in [-0.25, -0.2) is 9.67 Å². The van der Waals surface area contributed by atoms with Crippen molar-refractivity contribution in [3.63, 3.8) is 0 Å². The Morgan fingerprint density at radius 2 is 2.04 bits per heavy atom. The van der Waals surface area contributed by atoms with Crippen molar-refractivity contribution in [3.8, 4) is 11.3 Å². The van der Waals surface area contributed by atoms with Crippen LogP contribution in [0.2, 0.25) is 0 Å². The van der Waals surface area contributed by atoms with Gasteiger partial charge in [0.25, 0.3) is 0 Å². The number of amides is 1. The molecule has 3 heterocycles. The second kappa shape index (κ2) is 6.47. The molecule has 0 bridgehead atoms. The molecule has 3 aromatic heterocycles. The van der Waals surface area contributed by atoms with E-state index in [1.165, 1.54) is 0 Å². The number of imidazole rings is 1. The summed E-state index contributed by atoms with van der Waals surface area (Å²) in [4.78, 5) is 16.5. The number of aromatic nitrogens is 6. The predicted octanol–water partition coefficient (Wildman–Crippen LogP) is 2.27. The van der Waals surface area contributed by atoms with Crippen molar-refractivity contribution in [2.45, 2.75) is 12.8 Å². The third-order valence-corrected chi connectivity index (χ3v) is 4.38. The Balaban J connectivity index is 1.59. The smallest absolute Gasteiger partial charge is 0.225 e. The van der Waals surface area contributed by atoms with Gasteiger partial charge in [-0.3, -0.25) is 9.89 Å². The SMILES string of the molecule is Cn1cncc1CCC(=O)Nc1[nH]nc2c1c(-c1ccccc1)nn2C. The molecule has 8 nitrogen and oxygen atoms in total. The van der Waals surface area contributed by atoms with Gasteiger partial charge in [0.1, 0.15) is 11.5 Å². The Kier molecular flexibility index (Phi) is 4.00. The molecule has 0 unspecified atom stereocenters. The summed E-state index contributed by atoms with van der Waals surface area (Å²) in [6.45, 7) is 0. The fourth-order valence-corrected chi connectivity index (χ4v) is 3.00. The molecule has 0 atom stereocenters. The Hall–Kier alpha value is -3.42. The van der Waals surface area contributed by atoms with Crippen molar-refractivity contribution >= 4 is 22.8 Å². The summed E-state index contributed by atoms with van der Waals surface area (Å²) in [6, 6.07) is 9.86. The van der Waals surface area contributed by atoms with Gasteiger partial charge < -0.3 is 9.88 Å². The van der Waals surface area contributed by atoms with Crippen molar-refractivity contribution in [1.29, 1.82) is 0 Å². The van der Waals surface area contributed by atoms with Crippen LogP contribution in [0.3, 0.4) is 0 Å². The van der Waals surface area contributed by atoms with Gasteiger partial charge in [-0.2, -0.15) is 10.2 Å². The van der Waals surface area contributed by atoms with Crippen LogP contribution in [0.4, 0.5) is 5.82 Å². The van der Waals surface area contributed by atoms with Crippen LogP contribution in [0.15, 0.2) is 42.9 Å². The van der Waals surface area contributed by atoms with E-state index in [1.54, 1.807) is 17.2 Å².